The van der Waals surface area contributed by atoms with Crippen molar-refractivity contribution in [3.63, 3.8) is 0 Å². The Morgan fingerprint density at radius 1 is 1.25 bits per heavy atom. The zero-order valence-corrected chi connectivity index (χ0v) is 9.65. The number of hydrogen-bond donors (Lipinski definition) is 1. The van der Waals surface area contributed by atoms with Crippen LogP contribution in [0, 0.1) is 5.82 Å². The third kappa shape index (κ3) is 4.26. The highest BCUT2D eigenvalue weighted by Gasteiger charge is 2.09. The van der Waals surface area contributed by atoms with E-state index >= 15 is 0 Å². The molecule has 0 aromatic heterocycles. The van der Waals surface area contributed by atoms with E-state index in [2.05, 4.69) is 0 Å². The van der Waals surface area contributed by atoms with Gasteiger partial charge in [-0.05, 0) is 24.6 Å². The number of ether oxygens (including phenoxy) is 2. The fourth-order valence-electron chi connectivity index (χ4n) is 1.36. The first-order chi connectivity index (χ1) is 7.63. The minimum Gasteiger partial charge on any atom is -0.382 e. The van der Waals surface area contributed by atoms with Gasteiger partial charge in [-0.1, -0.05) is 12.1 Å². The van der Waals surface area contributed by atoms with Crippen molar-refractivity contribution in [3.05, 3.63) is 35.6 Å². The summed E-state index contributed by atoms with van der Waals surface area (Å²) in [5.41, 5.74) is 6.77. The Balaban J connectivity index is 2.40. The van der Waals surface area contributed by atoms with Gasteiger partial charge in [0.1, 0.15) is 5.82 Å². The van der Waals surface area contributed by atoms with Gasteiger partial charge in [0.15, 0.2) is 0 Å². The second kappa shape index (κ2) is 6.58. The molecular weight excluding hydrogens is 209 g/mol. The molecule has 0 heterocycles. The predicted octanol–water partition coefficient (Wildman–Crippen LogP) is 1.88. The van der Waals surface area contributed by atoms with Gasteiger partial charge in [-0.3, -0.25) is 0 Å². The second-order valence-corrected chi connectivity index (χ2v) is 3.76. The standard InChI is InChI=1S/C12H18FNO2/c1-9(7-15-2)16-8-12(14)10-3-5-11(13)6-4-10/h3-6,9,12H,7-8,14H2,1-2H3. The van der Waals surface area contributed by atoms with Crippen molar-refractivity contribution in [1.29, 1.82) is 0 Å². The normalized spacial score (nSPS) is 14.8. The Kier molecular flexibility index (Phi) is 5.38. The van der Waals surface area contributed by atoms with Crippen LogP contribution in [0.3, 0.4) is 0 Å². The highest BCUT2D eigenvalue weighted by atomic mass is 19.1. The molecule has 0 fully saturated rings. The van der Waals surface area contributed by atoms with Crippen LogP contribution < -0.4 is 5.73 Å². The summed E-state index contributed by atoms with van der Waals surface area (Å²) in [7, 11) is 1.62. The van der Waals surface area contributed by atoms with Crippen LogP contribution >= 0.6 is 0 Å². The number of methoxy groups -OCH3 is 1. The molecule has 0 saturated heterocycles. The van der Waals surface area contributed by atoms with Crippen molar-refractivity contribution in [2.24, 2.45) is 5.73 Å². The molecule has 0 aliphatic heterocycles. The van der Waals surface area contributed by atoms with Crippen LogP contribution in [0.15, 0.2) is 24.3 Å². The first-order valence-electron chi connectivity index (χ1n) is 5.25. The van der Waals surface area contributed by atoms with Crippen LogP contribution in [0.25, 0.3) is 0 Å². The van der Waals surface area contributed by atoms with Crippen molar-refractivity contribution in [3.8, 4) is 0 Å². The summed E-state index contributed by atoms with van der Waals surface area (Å²) in [6, 6.07) is 5.90. The molecule has 4 heteroatoms. The van der Waals surface area contributed by atoms with Gasteiger partial charge in [-0.25, -0.2) is 4.39 Å². The lowest BCUT2D eigenvalue weighted by molar-refractivity contribution is 0.00328. The van der Waals surface area contributed by atoms with Crippen molar-refractivity contribution in [1.82, 2.24) is 0 Å². The van der Waals surface area contributed by atoms with Crippen LogP contribution in [0.2, 0.25) is 0 Å². The maximum Gasteiger partial charge on any atom is 0.123 e. The molecule has 3 nitrogen and oxygen atoms in total. The van der Waals surface area contributed by atoms with E-state index in [1.54, 1.807) is 19.2 Å². The largest absolute Gasteiger partial charge is 0.382 e. The van der Waals surface area contributed by atoms with E-state index in [0.29, 0.717) is 13.2 Å². The monoisotopic (exact) mass is 227 g/mol. The van der Waals surface area contributed by atoms with Gasteiger partial charge in [0.2, 0.25) is 0 Å². The van der Waals surface area contributed by atoms with Crippen molar-refractivity contribution in [2.45, 2.75) is 19.1 Å². The Morgan fingerprint density at radius 2 is 1.88 bits per heavy atom. The molecule has 90 valence electrons. The number of benzene rings is 1. The van der Waals surface area contributed by atoms with E-state index in [0.717, 1.165) is 5.56 Å². The summed E-state index contributed by atoms with van der Waals surface area (Å²) >= 11 is 0. The maximum atomic E-state index is 12.7. The SMILES string of the molecule is COCC(C)OCC(N)c1ccc(F)cc1. The number of halogens is 1. The average Bonchev–Trinajstić information content (AvgIpc) is 2.27. The molecule has 0 amide bonds. The Labute approximate surface area is 95.4 Å². The summed E-state index contributed by atoms with van der Waals surface area (Å²) in [6.07, 6.45) is 0.0106. The molecule has 0 radical (unpaired) electrons. The average molecular weight is 227 g/mol. The topological polar surface area (TPSA) is 44.5 Å². The molecule has 2 atom stereocenters. The second-order valence-electron chi connectivity index (χ2n) is 3.76. The van der Waals surface area contributed by atoms with Gasteiger partial charge in [0.05, 0.1) is 25.4 Å². The molecule has 0 aliphatic rings. The van der Waals surface area contributed by atoms with Gasteiger partial charge in [0.25, 0.3) is 0 Å². The van der Waals surface area contributed by atoms with Gasteiger partial charge in [0, 0.05) is 7.11 Å². The first-order valence-corrected chi connectivity index (χ1v) is 5.25. The lowest BCUT2D eigenvalue weighted by Gasteiger charge is -2.16. The predicted molar refractivity (Wildman–Crippen MR) is 60.6 cm³/mol. The number of nitrogens with two attached hydrogens (primary N) is 1. The van der Waals surface area contributed by atoms with Gasteiger partial charge >= 0.3 is 0 Å². The van der Waals surface area contributed by atoms with Crippen LogP contribution in [0.1, 0.15) is 18.5 Å². The zero-order valence-electron chi connectivity index (χ0n) is 9.65. The Bertz CT molecular complexity index is 302. The lowest BCUT2D eigenvalue weighted by Crippen LogP contribution is -2.23. The third-order valence-corrected chi connectivity index (χ3v) is 2.26. The molecule has 1 aromatic carbocycles. The molecule has 0 bridgehead atoms. The lowest BCUT2D eigenvalue weighted by atomic mass is 10.1. The van der Waals surface area contributed by atoms with Crippen LogP contribution in [0.5, 0.6) is 0 Å². The van der Waals surface area contributed by atoms with E-state index in [9.17, 15) is 4.39 Å². The highest BCUT2D eigenvalue weighted by Crippen LogP contribution is 2.12. The quantitative estimate of drug-likeness (QED) is 0.807. The molecule has 16 heavy (non-hydrogen) atoms. The summed E-state index contributed by atoms with van der Waals surface area (Å²) < 4.78 is 23.1. The smallest absolute Gasteiger partial charge is 0.123 e. The van der Waals surface area contributed by atoms with Gasteiger partial charge in [-0.15, -0.1) is 0 Å². The van der Waals surface area contributed by atoms with E-state index in [-0.39, 0.29) is 18.0 Å². The molecule has 0 spiro atoms. The molecule has 2 N–H and O–H groups in total. The minimum absolute atomic E-state index is 0.0106. The Morgan fingerprint density at radius 3 is 2.44 bits per heavy atom. The summed E-state index contributed by atoms with van der Waals surface area (Å²) in [5, 5.41) is 0. The molecular formula is C12H18FNO2. The van der Waals surface area contributed by atoms with Crippen molar-refractivity contribution < 1.29 is 13.9 Å². The molecule has 0 aliphatic carbocycles. The third-order valence-electron chi connectivity index (χ3n) is 2.26. The molecule has 1 aromatic rings. The molecule has 2 unspecified atom stereocenters. The van der Waals surface area contributed by atoms with E-state index in [1.165, 1.54) is 12.1 Å². The number of rotatable bonds is 6. The number of hydrogen-bond acceptors (Lipinski definition) is 3. The summed E-state index contributed by atoms with van der Waals surface area (Å²) in [6.45, 7) is 2.85. The van der Waals surface area contributed by atoms with Crippen molar-refractivity contribution in [2.75, 3.05) is 20.3 Å². The maximum absolute atomic E-state index is 12.7. The molecule has 1 rings (SSSR count). The fraction of sp³-hybridized carbons (Fsp3) is 0.500. The van der Waals surface area contributed by atoms with E-state index < -0.39 is 0 Å². The zero-order chi connectivity index (χ0) is 12.0. The summed E-state index contributed by atoms with van der Waals surface area (Å²) in [4.78, 5) is 0. The van der Waals surface area contributed by atoms with Crippen LogP contribution in [-0.4, -0.2) is 26.4 Å². The molecule has 0 saturated carbocycles. The minimum atomic E-state index is -0.260. The van der Waals surface area contributed by atoms with Crippen LogP contribution in [-0.2, 0) is 9.47 Å². The first kappa shape index (κ1) is 13.1. The van der Waals surface area contributed by atoms with Crippen molar-refractivity contribution >= 4 is 0 Å². The fourth-order valence-corrected chi connectivity index (χ4v) is 1.36. The highest BCUT2D eigenvalue weighted by molar-refractivity contribution is 5.19. The van der Waals surface area contributed by atoms with Gasteiger partial charge in [-0.2, -0.15) is 0 Å². The van der Waals surface area contributed by atoms with E-state index in [4.69, 9.17) is 15.2 Å². The summed E-state index contributed by atoms with van der Waals surface area (Å²) in [5.74, 6) is -0.260. The van der Waals surface area contributed by atoms with Crippen LogP contribution in [0.4, 0.5) is 4.39 Å². The Hall–Kier alpha value is -0.970. The van der Waals surface area contributed by atoms with E-state index in [1.807, 2.05) is 6.92 Å². The van der Waals surface area contributed by atoms with Gasteiger partial charge < -0.3 is 15.2 Å².